The molecule has 2 heterocycles. The highest BCUT2D eigenvalue weighted by Crippen LogP contribution is 2.17. The summed E-state index contributed by atoms with van der Waals surface area (Å²) in [5.41, 5.74) is 1.33. The number of pyridine rings is 1. The zero-order valence-electron chi connectivity index (χ0n) is 10.0. The smallest absolute Gasteiger partial charge is 0.0312 e. The number of rotatable bonds is 4. The molecule has 1 aliphatic heterocycles. The summed E-state index contributed by atoms with van der Waals surface area (Å²) in [5.74, 6) is 0.815. The van der Waals surface area contributed by atoms with E-state index in [0.717, 1.165) is 19.0 Å². The van der Waals surface area contributed by atoms with Crippen molar-refractivity contribution in [2.75, 3.05) is 26.7 Å². The van der Waals surface area contributed by atoms with Crippen LogP contribution in [0.5, 0.6) is 0 Å². The van der Waals surface area contributed by atoms with E-state index in [1.807, 2.05) is 25.5 Å². The number of likely N-dealkylation sites (tertiary alicyclic amines) is 1. The standard InChI is InChI=1S/C13H21N3/c1-14-8-12-5-3-7-16(10-12)11-13-4-2-6-15-9-13/h2,4,6,9,12,14H,3,5,7-8,10-11H2,1H3/t12-/m0/s1. The molecule has 1 aromatic heterocycles. The Morgan fingerprint density at radius 3 is 3.25 bits per heavy atom. The van der Waals surface area contributed by atoms with Crippen LogP contribution >= 0.6 is 0 Å². The Labute approximate surface area is 97.9 Å². The molecule has 1 aliphatic rings. The first-order valence-electron chi connectivity index (χ1n) is 6.14. The fraction of sp³-hybridized carbons (Fsp3) is 0.615. The molecule has 0 saturated carbocycles. The molecule has 0 spiro atoms. The molecule has 88 valence electrons. The van der Waals surface area contributed by atoms with Crippen LogP contribution < -0.4 is 5.32 Å². The molecule has 2 rings (SSSR count). The third-order valence-electron chi connectivity index (χ3n) is 3.22. The monoisotopic (exact) mass is 219 g/mol. The van der Waals surface area contributed by atoms with Gasteiger partial charge in [-0.3, -0.25) is 9.88 Å². The first kappa shape index (κ1) is 11.6. The van der Waals surface area contributed by atoms with Gasteiger partial charge in [0.1, 0.15) is 0 Å². The van der Waals surface area contributed by atoms with Crippen molar-refractivity contribution in [3.8, 4) is 0 Å². The van der Waals surface area contributed by atoms with E-state index in [4.69, 9.17) is 0 Å². The van der Waals surface area contributed by atoms with E-state index in [0.29, 0.717) is 0 Å². The summed E-state index contributed by atoms with van der Waals surface area (Å²) in [5, 5.41) is 3.28. The van der Waals surface area contributed by atoms with Crippen LogP contribution in [-0.2, 0) is 6.54 Å². The van der Waals surface area contributed by atoms with Gasteiger partial charge in [-0.25, -0.2) is 0 Å². The van der Waals surface area contributed by atoms with Crippen molar-refractivity contribution in [2.45, 2.75) is 19.4 Å². The van der Waals surface area contributed by atoms with E-state index in [9.17, 15) is 0 Å². The van der Waals surface area contributed by atoms with Crippen molar-refractivity contribution in [3.63, 3.8) is 0 Å². The topological polar surface area (TPSA) is 28.2 Å². The van der Waals surface area contributed by atoms with Crippen LogP contribution in [0, 0.1) is 5.92 Å². The summed E-state index contributed by atoms with van der Waals surface area (Å²) in [6.45, 7) is 4.64. The van der Waals surface area contributed by atoms with Crippen molar-refractivity contribution in [2.24, 2.45) is 5.92 Å². The maximum absolute atomic E-state index is 4.17. The molecular formula is C13H21N3. The molecule has 0 unspecified atom stereocenters. The fourth-order valence-electron chi connectivity index (χ4n) is 2.50. The van der Waals surface area contributed by atoms with Gasteiger partial charge in [0.2, 0.25) is 0 Å². The minimum Gasteiger partial charge on any atom is -0.319 e. The second kappa shape index (κ2) is 5.97. The normalized spacial score (nSPS) is 22.2. The van der Waals surface area contributed by atoms with Gasteiger partial charge in [-0.1, -0.05) is 6.07 Å². The molecule has 3 heteroatoms. The quantitative estimate of drug-likeness (QED) is 0.832. The van der Waals surface area contributed by atoms with Gasteiger partial charge in [0.15, 0.2) is 0 Å². The number of nitrogens with one attached hydrogen (secondary N) is 1. The van der Waals surface area contributed by atoms with Crippen LogP contribution in [0.15, 0.2) is 24.5 Å². The SMILES string of the molecule is CNC[C@@H]1CCCN(Cc2cccnc2)C1. The molecule has 1 aromatic rings. The van der Waals surface area contributed by atoms with Crippen LogP contribution in [0.4, 0.5) is 0 Å². The van der Waals surface area contributed by atoms with Crippen LogP contribution in [-0.4, -0.2) is 36.6 Å². The Kier molecular flexibility index (Phi) is 4.31. The number of nitrogens with zero attached hydrogens (tertiary/aromatic N) is 2. The molecule has 1 atom stereocenters. The van der Waals surface area contributed by atoms with Crippen molar-refractivity contribution in [1.29, 1.82) is 0 Å². The van der Waals surface area contributed by atoms with Crippen molar-refractivity contribution >= 4 is 0 Å². The third kappa shape index (κ3) is 3.29. The van der Waals surface area contributed by atoms with Crippen LogP contribution in [0.3, 0.4) is 0 Å². The average molecular weight is 219 g/mol. The molecule has 1 fully saturated rings. The Hall–Kier alpha value is -0.930. The zero-order valence-corrected chi connectivity index (χ0v) is 10.0. The summed E-state index contributed by atoms with van der Waals surface area (Å²) >= 11 is 0. The molecule has 0 bridgehead atoms. The predicted octanol–water partition coefficient (Wildman–Crippen LogP) is 1.51. The maximum Gasteiger partial charge on any atom is 0.0312 e. The van der Waals surface area contributed by atoms with E-state index in [-0.39, 0.29) is 0 Å². The number of hydrogen-bond donors (Lipinski definition) is 1. The lowest BCUT2D eigenvalue weighted by Crippen LogP contribution is -2.38. The van der Waals surface area contributed by atoms with Gasteiger partial charge >= 0.3 is 0 Å². The van der Waals surface area contributed by atoms with E-state index in [2.05, 4.69) is 21.3 Å². The summed E-state index contributed by atoms with van der Waals surface area (Å²) in [7, 11) is 2.04. The molecule has 0 radical (unpaired) electrons. The minimum atomic E-state index is 0.815. The maximum atomic E-state index is 4.17. The molecule has 0 aliphatic carbocycles. The third-order valence-corrected chi connectivity index (χ3v) is 3.22. The number of piperidine rings is 1. The van der Waals surface area contributed by atoms with Crippen molar-refractivity contribution in [1.82, 2.24) is 15.2 Å². The highest BCUT2D eigenvalue weighted by atomic mass is 15.1. The van der Waals surface area contributed by atoms with E-state index < -0.39 is 0 Å². The Morgan fingerprint density at radius 2 is 2.50 bits per heavy atom. The highest BCUT2D eigenvalue weighted by molar-refractivity contribution is 5.08. The summed E-state index contributed by atoms with van der Waals surface area (Å²) < 4.78 is 0. The van der Waals surface area contributed by atoms with E-state index >= 15 is 0 Å². The van der Waals surface area contributed by atoms with E-state index in [1.165, 1.54) is 31.5 Å². The minimum absolute atomic E-state index is 0.815. The molecular weight excluding hydrogens is 198 g/mol. The first-order valence-corrected chi connectivity index (χ1v) is 6.14. The molecule has 1 saturated heterocycles. The van der Waals surface area contributed by atoms with Gasteiger partial charge < -0.3 is 5.32 Å². The fourth-order valence-corrected chi connectivity index (χ4v) is 2.50. The average Bonchev–Trinajstić information content (AvgIpc) is 2.31. The summed E-state index contributed by atoms with van der Waals surface area (Å²) in [6.07, 6.45) is 6.50. The molecule has 0 aromatic carbocycles. The van der Waals surface area contributed by atoms with Gasteiger partial charge in [0.25, 0.3) is 0 Å². The van der Waals surface area contributed by atoms with Gasteiger partial charge in [-0.2, -0.15) is 0 Å². The van der Waals surface area contributed by atoms with Gasteiger partial charge in [0.05, 0.1) is 0 Å². The lowest BCUT2D eigenvalue weighted by molar-refractivity contribution is 0.166. The second-order valence-electron chi connectivity index (χ2n) is 4.66. The highest BCUT2D eigenvalue weighted by Gasteiger charge is 2.18. The summed E-state index contributed by atoms with van der Waals surface area (Å²) in [4.78, 5) is 6.71. The van der Waals surface area contributed by atoms with E-state index in [1.54, 1.807) is 0 Å². The number of aromatic nitrogens is 1. The Morgan fingerprint density at radius 1 is 1.56 bits per heavy atom. The van der Waals surface area contributed by atoms with Gasteiger partial charge in [0, 0.05) is 25.5 Å². The van der Waals surface area contributed by atoms with Crippen LogP contribution in [0.1, 0.15) is 18.4 Å². The largest absolute Gasteiger partial charge is 0.319 e. The van der Waals surface area contributed by atoms with Crippen LogP contribution in [0.2, 0.25) is 0 Å². The number of hydrogen-bond acceptors (Lipinski definition) is 3. The molecule has 1 N–H and O–H groups in total. The van der Waals surface area contributed by atoms with Crippen molar-refractivity contribution < 1.29 is 0 Å². The molecule has 0 amide bonds. The predicted molar refractivity (Wildman–Crippen MR) is 66.2 cm³/mol. The lowest BCUT2D eigenvalue weighted by Gasteiger charge is -2.32. The van der Waals surface area contributed by atoms with Crippen LogP contribution in [0.25, 0.3) is 0 Å². The zero-order chi connectivity index (χ0) is 11.2. The Bertz CT molecular complexity index is 297. The molecule has 3 nitrogen and oxygen atoms in total. The Balaban J connectivity index is 1.85. The first-order chi connectivity index (χ1) is 7.88. The summed E-state index contributed by atoms with van der Waals surface area (Å²) in [6, 6.07) is 4.18. The molecule has 16 heavy (non-hydrogen) atoms. The second-order valence-corrected chi connectivity index (χ2v) is 4.66. The van der Waals surface area contributed by atoms with Gasteiger partial charge in [-0.05, 0) is 50.5 Å². The van der Waals surface area contributed by atoms with Gasteiger partial charge in [-0.15, -0.1) is 0 Å². The van der Waals surface area contributed by atoms with Crippen molar-refractivity contribution in [3.05, 3.63) is 30.1 Å². The lowest BCUT2D eigenvalue weighted by atomic mass is 9.98.